The van der Waals surface area contributed by atoms with E-state index in [4.69, 9.17) is 9.47 Å². The van der Waals surface area contributed by atoms with E-state index in [1.54, 1.807) is 11.8 Å². The molecule has 0 spiro atoms. The Hall–Kier alpha value is -3.35. The summed E-state index contributed by atoms with van der Waals surface area (Å²) in [5, 5.41) is 2.74. The van der Waals surface area contributed by atoms with Gasteiger partial charge in [-0.25, -0.2) is 4.79 Å². The molecule has 1 saturated heterocycles. The summed E-state index contributed by atoms with van der Waals surface area (Å²) in [5.41, 5.74) is 1.81. The van der Waals surface area contributed by atoms with Crippen molar-refractivity contribution in [3.05, 3.63) is 71.8 Å². The molecule has 1 fully saturated rings. The van der Waals surface area contributed by atoms with Crippen LogP contribution < -0.4 is 5.32 Å². The molecule has 0 aliphatic carbocycles. The summed E-state index contributed by atoms with van der Waals surface area (Å²) < 4.78 is 10.4. The van der Waals surface area contributed by atoms with Gasteiger partial charge in [0, 0.05) is 19.5 Å². The zero-order chi connectivity index (χ0) is 22.8. The Labute approximate surface area is 188 Å². The van der Waals surface area contributed by atoms with Crippen LogP contribution in [0.4, 0.5) is 4.79 Å². The fourth-order valence-corrected chi connectivity index (χ4v) is 3.77. The second kappa shape index (κ2) is 11.9. The first-order valence-corrected chi connectivity index (χ1v) is 11.0. The summed E-state index contributed by atoms with van der Waals surface area (Å²) in [5.74, 6) is -0.564. The number of likely N-dealkylation sites (tertiary alicyclic amines) is 1. The first-order valence-electron chi connectivity index (χ1n) is 11.0. The molecule has 170 valence electrons. The summed E-state index contributed by atoms with van der Waals surface area (Å²) in [6.45, 7) is 3.17. The van der Waals surface area contributed by atoms with Crippen molar-refractivity contribution < 1.29 is 23.9 Å². The summed E-state index contributed by atoms with van der Waals surface area (Å²) in [7, 11) is 0. The lowest BCUT2D eigenvalue weighted by molar-refractivity contribution is -0.151. The molecular formula is C25H30N2O5. The number of nitrogens with one attached hydrogen (secondary N) is 1. The van der Waals surface area contributed by atoms with Crippen molar-refractivity contribution in [1.82, 2.24) is 10.2 Å². The van der Waals surface area contributed by atoms with Gasteiger partial charge < -0.3 is 19.7 Å². The van der Waals surface area contributed by atoms with E-state index in [0.29, 0.717) is 39.0 Å². The quantitative estimate of drug-likeness (QED) is 0.639. The number of hydrogen-bond acceptors (Lipinski definition) is 5. The van der Waals surface area contributed by atoms with E-state index in [2.05, 4.69) is 5.32 Å². The third-order valence-corrected chi connectivity index (χ3v) is 5.51. The number of esters is 1. The summed E-state index contributed by atoms with van der Waals surface area (Å²) in [6.07, 6.45) is 0.838. The average Bonchev–Trinajstić information content (AvgIpc) is 2.83. The zero-order valence-electron chi connectivity index (χ0n) is 18.4. The van der Waals surface area contributed by atoms with Gasteiger partial charge in [-0.05, 0) is 30.9 Å². The Morgan fingerprint density at radius 3 is 2.12 bits per heavy atom. The Kier molecular flexibility index (Phi) is 8.66. The molecule has 1 heterocycles. The van der Waals surface area contributed by atoms with Crippen molar-refractivity contribution in [2.75, 3.05) is 19.7 Å². The van der Waals surface area contributed by atoms with Crippen molar-refractivity contribution in [2.24, 2.45) is 5.92 Å². The fourth-order valence-electron chi connectivity index (χ4n) is 3.77. The fraction of sp³-hybridized carbons (Fsp3) is 0.400. The van der Waals surface area contributed by atoms with Crippen molar-refractivity contribution in [3.8, 4) is 0 Å². The Morgan fingerprint density at radius 2 is 1.53 bits per heavy atom. The third kappa shape index (κ3) is 6.83. The molecule has 1 unspecified atom stereocenters. The molecule has 1 N–H and O–H groups in total. The number of carbonyl (C=O) groups excluding carboxylic acids is 3. The van der Waals surface area contributed by atoms with Gasteiger partial charge in [-0.2, -0.15) is 0 Å². The van der Waals surface area contributed by atoms with E-state index in [1.165, 1.54) is 0 Å². The van der Waals surface area contributed by atoms with Crippen LogP contribution in [0.5, 0.6) is 0 Å². The van der Waals surface area contributed by atoms with E-state index in [-0.39, 0.29) is 24.4 Å². The van der Waals surface area contributed by atoms with Crippen LogP contribution in [-0.2, 0) is 32.1 Å². The number of benzene rings is 2. The van der Waals surface area contributed by atoms with Gasteiger partial charge in [-0.1, -0.05) is 60.7 Å². The molecule has 1 aliphatic heterocycles. The molecule has 0 saturated carbocycles. The van der Waals surface area contributed by atoms with Crippen LogP contribution in [0.2, 0.25) is 0 Å². The molecule has 2 aromatic carbocycles. The predicted molar refractivity (Wildman–Crippen MR) is 120 cm³/mol. The van der Waals surface area contributed by atoms with Crippen LogP contribution in [0.3, 0.4) is 0 Å². The number of amides is 2. The molecule has 3 rings (SSSR count). The number of rotatable bonds is 8. The maximum Gasteiger partial charge on any atom is 0.408 e. The molecule has 0 radical (unpaired) electrons. The maximum absolute atomic E-state index is 13.3. The van der Waals surface area contributed by atoms with E-state index in [1.807, 2.05) is 60.7 Å². The summed E-state index contributed by atoms with van der Waals surface area (Å²) in [4.78, 5) is 39.4. The Balaban J connectivity index is 1.61. The maximum atomic E-state index is 13.3. The SMILES string of the molecule is CCOC(=O)C1CCN(C(=O)C(Cc2ccccc2)NC(=O)OCc2ccccc2)CC1. The summed E-state index contributed by atoms with van der Waals surface area (Å²) in [6, 6.07) is 18.2. The minimum Gasteiger partial charge on any atom is -0.466 e. The molecule has 7 nitrogen and oxygen atoms in total. The number of alkyl carbamates (subject to hydrolysis) is 1. The van der Waals surface area contributed by atoms with Crippen LogP contribution >= 0.6 is 0 Å². The average molecular weight is 439 g/mol. The number of ether oxygens (including phenoxy) is 2. The largest absolute Gasteiger partial charge is 0.466 e. The van der Waals surface area contributed by atoms with Gasteiger partial charge in [0.2, 0.25) is 5.91 Å². The zero-order valence-corrected chi connectivity index (χ0v) is 18.4. The third-order valence-electron chi connectivity index (χ3n) is 5.51. The number of piperidine rings is 1. The lowest BCUT2D eigenvalue weighted by Gasteiger charge is -2.33. The van der Waals surface area contributed by atoms with Gasteiger partial charge in [0.25, 0.3) is 0 Å². The molecule has 1 atom stereocenters. The van der Waals surface area contributed by atoms with Gasteiger partial charge in [0.15, 0.2) is 0 Å². The molecule has 2 aromatic rings. The monoisotopic (exact) mass is 438 g/mol. The highest BCUT2D eigenvalue weighted by Crippen LogP contribution is 2.20. The second-order valence-corrected chi connectivity index (χ2v) is 7.80. The van der Waals surface area contributed by atoms with Gasteiger partial charge in [-0.15, -0.1) is 0 Å². The smallest absolute Gasteiger partial charge is 0.408 e. The van der Waals surface area contributed by atoms with E-state index in [0.717, 1.165) is 11.1 Å². The van der Waals surface area contributed by atoms with Crippen LogP contribution in [0, 0.1) is 5.92 Å². The molecule has 2 amide bonds. The number of hydrogen-bond donors (Lipinski definition) is 1. The van der Waals surface area contributed by atoms with Gasteiger partial charge in [0.05, 0.1) is 12.5 Å². The lowest BCUT2D eigenvalue weighted by Crippen LogP contribution is -2.52. The highest BCUT2D eigenvalue weighted by molar-refractivity contribution is 5.86. The summed E-state index contributed by atoms with van der Waals surface area (Å²) >= 11 is 0. The lowest BCUT2D eigenvalue weighted by atomic mass is 9.96. The predicted octanol–water partition coefficient (Wildman–Crippen LogP) is 3.33. The van der Waals surface area contributed by atoms with E-state index < -0.39 is 12.1 Å². The Morgan fingerprint density at radius 1 is 0.938 bits per heavy atom. The minimum absolute atomic E-state index is 0.129. The number of nitrogens with zero attached hydrogens (tertiary/aromatic N) is 1. The molecule has 1 aliphatic rings. The van der Waals surface area contributed by atoms with Gasteiger partial charge >= 0.3 is 12.1 Å². The molecule has 0 aromatic heterocycles. The topological polar surface area (TPSA) is 84.9 Å². The van der Waals surface area contributed by atoms with Crippen molar-refractivity contribution in [2.45, 2.75) is 38.8 Å². The van der Waals surface area contributed by atoms with Crippen LogP contribution in [0.25, 0.3) is 0 Å². The molecular weight excluding hydrogens is 408 g/mol. The molecule has 7 heteroatoms. The second-order valence-electron chi connectivity index (χ2n) is 7.80. The van der Waals surface area contributed by atoms with E-state index in [9.17, 15) is 14.4 Å². The molecule has 0 bridgehead atoms. The van der Waals surface area contributed by atoms with Crippen molar-refractivity contribution >= 4 is 18.0 Å². The van der Waals surface area contributed by atoms with Crippen molar-refractivity contribution in [1.29, 1.82) is 0 Å². The van der Waals surface area contributed by atoms with Gasteiger partial charge in [0.1, 0.15) is 12.6 Å². The standard InChI is InChI=1S/C25H30N2O5/c1-2-31-24(29)21-13-15-27(16-14-21)23(28)22(17-19-9-5-3-6-10-19)26-25(30)32-18-20-11-7-4-8-12-20/h3-12,21-22H,2,13-18H2,1H3,(H,26,30). The van der Waals surface area contributed by atoms with Crippen LogP contribution in [0.1, 0.15) is 30.9 Å². The van der Waals surface area contributed by atoms with Crippen LogP contribution in [0.15, 0.2) is 60.7 Å². The van der Waals surface area contributed by atoms with Crippen LogP contribution in [-0.4, -0.2) is 48.6 Å². The molecule has 32 heavy (non-hydrogen) atoms. The van der Waals surface area contributed by atoms with Gasteiger partial charge in [-0.3, -0.25) is 9.59 Å². The van der Waals surface area contributed by atoms with Crippen molar-refractivity contribution in [3.63, 3.8) is 0 Å². The normalized spacial score (nSPS) is 15.0. The first-order chi connectivity index (χ1) is 15.6. The number of carbonyl (C=O) groups is 3. The highest BCUT2D eigenvalue weighted by atomic mass is 16.5. The minimum atomic E-state index is -0.750. The Bertz CT molecular complexity index is 880. The van der Waals surface area contributed by atoms with E-state index >= 15 is 0 Å². The highest BCUT2D eigenvalue weighted by Gasteiger charge is 2.32. The first kappa shape index (κ1) is 23.3.